The Morgan fingerprint density at radius 1 is 0.844 bits per heavy atom. The fourth-order valence-corrected chi connectivity index (χ4v) is 2.78. The van der Waals surface area contributed by atoms with Crippen LogP contribution in [0.2, 0.25) is 0 Å². The first-order valence-electron chi connectivity index (χ1n) is 9.81. The summed E-state index contributed by atoms with van der Waals surface area (Å²) in [4.78, 5) is 30.3. The third-order valence-electron chi connectivity index (χ3n) is 4.00. The number of unbranched alkanes of at least 4 members (excludes halogenated alkanes) is 9. The maximum Gasteiger partial charge on any atom is 1.00 e. The van der Waals surface area contributed by atoms with Gasteiger partial charge in [-0.15, -0.1) is 0 Å². The summed E-state index contributed by atoms with van der Waals surface area (Å²) in [6, 6.07) is 0. The van der Waals surface area contributed by atoms with Gasteiger partial charge in [0.1, 0.15) is 0 Å². The van der Waals surface area contributed by atoms with E-state index in [1.54, 1.807) is 0 Å². The Balaban J connectivity index is -0.000000238. The number of carbonyl (C=O) groups excluding carboxylic acids is 1. The Morgan fingerprint density at radius 2 is 1.25 bits per heavy atom. The summed E-state index contributed by atoms with van der Waals surface area (Å²) in [5, 5.41) is 35.5. The normalized spacial score (nSPS) is 12.2. The fourth-order valence-electron chi connectivity index (χ4n) is 2.45. The van der Waals surface area contributed by atoms with Gasteiger partial charge in [-0.05, 0) is 6.42 Å². The molecule has 0 bridgehead atoms. The molecule has 0 aliphatic carbocycles. The summed E-state index contributed by atoms with van der Waals surface area (Å²) >= 11 is 0. The Bertz CT molecular complexity index is 596. The van der Waals surface area contributed by atoms with Crippen molar-refractivity contribution in [1.82, 2.24) is 0 Å². The second-order valence-corrected chi connectivity index (χ2v) is 7.92. The summed E-state index contributed by atoms with van der Waals surface area (Å²) in [5.74, 6) is -5.34. The largest absolute Gasteiger partial charge is 1.00 e. The van der Waals surface area contributed by atoms with E-state index in [4.69, 9.17) is 15.3 Å². The second-order valence-electron chi connectivity index (χ2n) is 6.87. The summed E-state index contributed by atoms with van der Waals surface area (Å²) < 4.78 is 34.5. The van der Waals surface area contributed by atoms with Gasteiger partial charge in [0.05, 0.1) is 13.0 Å². The number of hydrogen-bond donors (Lipinski definition) is 3. The first-order chi connectivity index (χ1) is 13.8. The van der Waals surface area contributed by atoms with Gasteiger partial charge in [0.25, 0.3) is 0 Å². The molecule has 0 saturated carbocycles. The molecule has 0 amide bonds. The van der Waals surface area contributed by atoms with E-state index in [-0.39, 0.29) is 65.7 Å². The Morgan fingerprint density at radius 3 is 1.56 bits per heavy atom. The van der Waals surface area contributed by atoms with Crippen LogP contribution in [0.5, 0.6) is 0 Å². The van der Waals surface area contributed by atoms with Crippen molar-refractivity contribution in [2.24, 2.45) is 0 Å². The molecule has 32 heavy (non-hydrogen) atoms. The first kappa shape index (κ1) is 39.5. The minimum absolute atomic E-state index is 0. The van der Waals surface area contributed by atoms with Gasteiger partial charge in [-0.1, -0.05) is 64.7 Å². The van der Waals surface area contributed by atoms with Crippen molar-refractivity contribution < 1.29 is 111 Å². The molecule has 0 aliphatic rings. The zero-order valence-corrected chi connectivity index (χ0v) is 24.0. The predicted octanol–water partition coefficient (Wildman–Crippen LogP) is -5.19. The second kappa shape index (κ2) is 23.0. The van der Waals surface area contributed by atoms with Crippen molar-refractivity contribution in [2.75, 3.05) is 6.61 Å². The number of rotatable bonds is 17. The van der Waals surface area contributed by atoms with Crippen molar-refractivity contribution >= 4 is 28.3 Å². The van der Waals surface area contributed by atoms with E-state index < -0.39 is 46.7 Å². The van der Waals surface area contributed by atoms with Crippen LogP contribution in [0, 0.1) is 0 Å². The molecule has 0 heterocycles. The topological polar surface area (TPSA) is 201 Å². The van der Waals surface area contributed by atoms with Crippen LogP contribution >= 0.6 is 0 Å². The molecular formula is C18H32Na2O11S. The molecule has 14 heteroatoms. The van der Waals surface area contributed by atoms with E-state index in [0.29, 0.717) is 6.42 Å². The number of carboxylic acid groups (broad SMARTS) is 3. The monoisotopic (exact) mass is 502 g/mol. The fraction of sp³-hybridized carbons (Fsp3) is 0.833. The molecule has 3 N–H and O–H groups in total. The molecule has 0 saturated heterocycles. The average molecular weight is 502 g/mol. The van der Waals surface area contributed by atoms with E-state index in [1.807, 2.05) is 0 Å². The molecule has 0 aromatic carbocycles. The van der Waals surface area contributed by atoms with Gasteiger partial charge in [0, 0.05) is 12.4 Å². The molecule has 0 spiro atoms. The summed E-state index contributed by atoms with van der Waals surface area (Å²) in [7, 11) is -4.48. The van der Waals surface area contributed by atoms with Crippen LogP contribution in [0.3, 0.4) is 0 Å². The van der Waals surface area contributed by atoms with Gasteiger partial charge in [0.15, 0.2) is 5.60 Å². The van der Waals surface area contributed by atoms with E-state index in [2.05, 4.69) is 11.1 Å². The Labute approximate surface area is 233 Å². The summed E-state index contributed by atoms with van der Waals surface area (Å²) in [6.07, 6.45) is 9.26. The molecule has 0 fully saturated rings. The molecule has 0 radical (unpaired) electrons. The molecule has 0 aliphatic heterocycles. The van der Waals surface area contributed by atoms with Gasteiger partial charge >= 0.3 is 71.1 Å². The molecule has 11 nitrogen and oxygen atoms in total. The minimum atomic E-state index is -4.48. The van der Waals surface area contributed by atoms with Crippen molar-refractivity contribution in [3.63, 3.8) is 0 Å². The molecule has 0 aromatic rings. The van der Waals surface area contributed by atoms with Crippen LogP contribution in [-0.4, -0.2) is 58.4 Å². The zero-order valence-electron chi connectivity index (χ0n) is 19.2. The van der Waals surface area contributed by atoms with Crippen LogP contribution in [0.1, 0.15) is 84.0 Å². The van der Waals surface area contributed by atoms with Crippen LogP contribution < -0.4 is 64.2 Å². The van der Waals surface area contributed by atoms with Crippen molar-refractivity contribution in [3.05, 3.63) is 0 Å². The first-order valence-corrected chi connectivity index (χ1v) is 11.1. The van der Waals surface area contributed by atoms with Crippen molar-refractivity contribution in [2.45, 2.75) is 89.6 Å². The maximum atomic E-state index is 10.3. The number of hydrogen-bond acceptors (Lipinski definition) is 9. The van der Waals surface area contributed by atoms with Crippen LogP contribution in [-0.2, 0) is 29.0 Å². The van der Waals surface area contributed by atoms with Crippen LogP contribution in [0.15, 0.2) is 0 Å². The number of aliphatic hydroxyl groups is 1. The molecular weight excluding hydrogens is 470 g/mol. The maximum absolute atomic E-state index is 10.3. The minimum Gasteiger partial charge on any atom is -0.726 e. The average Bonchev–Trinajstić information content (AvgIpc) is 2.57. The van der Waals surface area contributed by atoms with Crippen LogP contribution in [0.25, 0.3) is 0 Å². The van der Waals surface area contributed by atoms with Gasteiger partial charge < -0.3 is 29.8 Å². The Kier molecular flexibility index (Phi) is 28.4. The third-order valence-corrected chi connectivity index (χ3v) is 4.46. The third kappa shape index (κ3) is 28.3. The predicted molar refractivity (Wildman–Crippen MR) is 102 cm³/mol. The molecule has 178 valence electrons. The van der Waals surface area contributed by atoms with E-state index in [9.17, 15) is 32.5 Å². The SMILES string of the molecule is CCCCCCCCCCCCOS(=O)(=O)[O-].O=C([O-])CC(O)(CC(=O)O)C(=O)O.[Na+].[Na+]. The van der Waals surface area contributed by atoms with E-state index >= 15 is 0 Å². The molecule has 1 unspecified atom stereocenters. The van der Waals surface area contributed by atoms with E-state index in [0.717, 1.165) is 12.8 Å². The summed E-state index contributed by atoms with van der Waals surface area (Å²) in [6.45, 7) is 2.24. The molecule has 0 aromatic heterocycles. The standard InChI is InChI=1S/C12H26O4S.C6H8O7.2Na/c1-2-3-4-5-6-7-8-9-10-11-12-16-17(13,14)15;7-3(8)1-6(13,5(11)12)2-4(9)10;;/h2-12H2,1H3,(H,13,14,15);13H,1-2H2,(H,7,8)(H,9,10)(H,11,12);;/q;;2*+1/p-2. The summed E-state index contributed by atoms with van der Waals surface area (Å²) in [5.41, 5.74) is -2.80. The van der Waals surface area contributed by atoms with Gasteiger partial charge in [-0.25, -0.2) is 13.2 Å². The molecule has 1 atom stereocenters. The Hall–Kier alpha value is 0.240. The number of carboxylic acids is 3. The van der Waals surface area contributed by atoms with Crippen LogP contribution in [0.4, 0.5) is 0 Å². The van der Waals surface area contributed by atoms with Gasteiger partial charge in [-0.2, -0.15) is 0 Å². The van der Waals surface area contributed by atoms with Crippen molar-refractivity contribution in [3.8, 4) is 0 Å². The quantitative estimate of drug-likeness (QED) is 0.0743. The van der Waals surface area contributed by atoms with Gasteiger partial charge in [0.2, 0.25) is 10.4 Å². The number of carbonyl (C=O) groups is 3. The van der Waals surface area contributed by atoms with Gasteiger partial charge in [-0.3, -0.25) is 8.98 Å². The smallest absolute Gasteiger partial charge is 0.726 e. The van der Waals surface area contributed by atoms with Crippen molar-refractivity contribution in [1.29, 1.82) is 0 Å². The molecule has 0 rings (SSSR count). The van der Waals surface area contributed by atoms with E-state index in [1.165, 1.54) is 44.9 Å². The number of aliphatic carboxylic acids is 3. The zero-order chi connectivity index (χ0) is 23.6.